The molecule has 1 fully saturated rings. The number of imidazole rings is 1. The average Bonchev–Trinajstić information content (AvgIpc) is 2.72. The zero-order chi connectivity index (χ0) is 9.15. The molecule has 0 unspecified atom stereocenters. The topological polar surface area (TPSA) is 54.7 Å². The number of aromatic amines is 1. The normalized spacial score (nSPS) is 21.6. The molecular formula is C10H17N3. The third-order valence-electron chi connectivity index (χ3n) is 3.20. The van der Waals surface area contributed by atoms with Crippen molar-refractivity contribution in [3.8, 4) is 0 Å². The van der Waals surface area contributed by atoms with Crippen LogP contribution in [-0.4, -0.2) is 16.5 Å². The van der Waals surface area contributed by atoms with Gasteiger partial charge in [-0.05, 0) is 12.8 Å². The molecule has 1 aliphatic carbocycles. The van der Waals surface area contributed by atoms with Crippen LogP contribution in [0.2, 0.25) is 0 Å². The molecule has 0 saturated heterocycles. The molecule has 2 rings (SSSR count). The molecule has 0 atom stereocenters. The third-order valence-corrected chi connectivity index (χ3v) is 3.20. The Morgan fingerprint density at radius 1 is 1.38 bits per heavy atom. The largest absolute Gasteiger partial charge is 0.348 e. The van der Waals surface area contributed by atoms with E-state index in [0.29, 0.717) is 0 Å². The highest BCUT2D eigenvalue weighted by molar-refractivity contribution is 5.10. The fraction of sp³-hybridized carbons (Fsp3) is 0.700. The zero-order valence-corrected chi connectivity index (χ0v) is 7.92. The number of nitrogens with one attached hydrogen (secondary N) is 1. The summed E-state index contributed by atoms with van der Waals surface area (Å²) in [7, 11) is 0. The molecule has 13 heavy (non-hydrogen) atoms. The first kappa shape index (κ1) is 8.75. The number of hydrogen-bond donors (Lipinski definition) is 2. The lowest BCUT2D eigenvalue weighted by atomic mass is 9.73. The molecule has 1 saturated carbocycles. The van der Waals surface area contributed by atoms with Crippen molar-refractivity contribution in [2.75, 3.05) is 6.54 Å². The third kappa shape index (κ3) is 1.48. The summed E-state index contributed by atoms with van der Waals surface area (Å²) in [6.45, 7) is 0.723. The van der Waals surface area contributed by atoms with Gasteiger partial charge in [-0.15, -0.1) is 0 Å². The van der Waals surface area contributed by atoms with Crippen LogP contribution in [0.1, 0.15) is 37.9 Å². The number of nitrogens with zero attached hydrogens (tertiary/aromatic N) is 1. The Morgan fingerprint density at radius 2 is 2.15 bits per heavy atom. The van der Waals surface area contributed by atoms with Crippen molar-refractivity contribution >= 4 is 0 Å². The molecule has 1 aromatic heterocycles. The molecule has 0 spiro atoms. The highest BCUT2D eigenvalue weighted by Gasteiger charge is 2.34. The van der Waals surface area contributed by atoms with Crippen molar-refractivity contribution in [3.05, 3.63) is 18.2 Å². The van der Waals surface area contributed by atoms with Gasteiger partial charge in [0.2, 0.25) is 0 Å². The minimum atomic E-state index is 0.155. The standard InChI is InChI=1S/C10H17N3/c11-8-10(4-2-1-3-5-10)9-12-6-7-13-9/h6-7H,1-5,8,11H2,(H,12,13). The average molecular weight is 179 g/mol. The first-order chi connectivity index (χ1) is 6.37. The molecular weight excluding hydrogens is 162 g/mol. The van der Waals surface area contributed by atoms with Crippen LogP contribution < -0.4 is 5.73 Å². The van der Waals surface area contributed by atoms with E-state index in [4.69, 9.17) is 5.73 Å². The number of rotatable bonds is 2. The summed E-state index contributed by atoms with van der Waals surface area (Å²) >= 11 is 0. The van der Waals surface area contributed by atoms with E-state index in [1.807, 2.05) is 12.4 Å². The molecule has 1 aromatic rings. The smallest absolute Gasteiger partial charge is 0.113 e. The van der Waals surface area contributed by atoms with Gasteiger partial charge in [-0.25, -0.2) is 4.98 Å². The molecule has 3 heteroatoms. The minimum absolute atomic E-state index is 0.155. The molecule has 0 bridgehead atoms. The highest BCUT2D eigenvalue weighted by atomic mass is 14.9. The van der Waals surface area contributed by atoms with Crippen LogP contribution in [0.3, 0.4) is 0 Å². The van der Waals surface area contributed by atoms with E-state index >= 15 is 0 Å². The van der Waals surface area contributed by atoms with Crippen molar-refractivity contribution in [1.82, 2.24) is 9.97 Å². The Balaban J connectivity index is 2.23. The van der Waals surface area contributed by atoms with Crippen LogP contribution in [0.15, 0.2) is 12.4 Å². The number of H-pyrrole nitrogens is 1. The van der Waals surface area contributed by atoms with Gasteiger partial charge in [0.05, 0.1) is 0 Å². The van der Waals surface area contributed by atoms with E-state index in [9.17, 15) is 0 Å². The Bertz CT molecular complexity index is 247. The van der Waals surface area contributed by atoms with Gasteiger partial charge in [0.25, 0.3) is 0 Å². The quantitative estimate of drug-likeness (QED) is 0.724. The fourth-order valence-electron chi connectivity index (χ4n) is 2.32. The molecule has 0 aliphatic heterocycles. The van der Waals surface area contributed by atoms with E-state index in [2.05, 4.69) is 9.97 Å². The Hall–Kier alpha value is -0.830. The summed E-state index contributed by atoms with van der Waals surface area (Å²) in [6, 6.07) is 0. The highest BCUT2D eigenvalue weighted by Crippen LogP contribution is 2.36. The van der Waals surface area contributed by atoms with Gasteiger partial charge in [-0.3, -0.25) is 0 Å². The van der Waals surface area contributed by atoms with E-state index in [0.717, 1.165) is 12.4 Å². The Morgan fingerprint density at radius 3 is 2.69 bits per heavy atom. The Kier molecular flexibility index (Phi) is 2.36. The number of aromatic nitrogens is 2. The molecule has 72 valence electrons. The van der Waals surface area contributed by atoms with Gasteiger partial charge >= 0.3 is 0 Å². The van der Waals surface area contributed by atoms with E-state index in [-0.39, 0.29) is 5.41 Å². The maximum atomic E-state index is 5.87. The first-order valence-electron chi connectivity index (χ1n) is 5.07. The number of nitrogens with two attached hydrogens (primary N) is 1. The van der Waals surface area contributed by atoms with Gasteiger partial charge in [-0.1, -0.05) is 19.3 Å². The van der Waals surface area contributed by atoms with E-state index in [1.165, 1.54) is 32.1 Å². The molecule has 0 amide bonds. The van der Waals surface area contributed by atoms with Gasteiger partial charge in [0.15, 0.2) is 0 Å². The summed E-state index contributed by atoms with van der Waals surface area (Å²) in [6.07, 6.45) is 10.0. The zero-order valence-electron chi connectivity index (χ0n) is 7.92. The minimum Gasteiger partial charge on any atom is -0.348 e. The van der Waals surface area contributed by atoms with Crippen molar-refractivity contribution in [1.29, 1.82) is 0 Å². The SMILES string of the molecule is NCC1(c2ncc[nH]2)CCCCC1. The summed E-state index contributed by atoms with van der Waals surface area (Å²) in [4.78, 5) is 7.55. The summed E-state index contributed by atoms with van der Waals surface area (Å²) in [5, 5.41) is 0. The maximum absolute atomic E-state index is 5.87. The van der Waals surface area contributed by atoms with Gasteiger partial charge < -0.3 is 10.7 Å². The predicted octanol–water partition coefficient (Wildman–Crippen LogP) is 1.57. The van der Waals surface area contributed by atoms with Crippen molar-refractivity contribution in [3.63, 3.8) is 0 Å². The molecule has 1 heterocycles. The summed E-state index contributed by atoms with van der Waals surface area (Å²) in [5.41, 5.74) is 6.02. The van der Waals surface area contributed by atoms with Crippen LogP contribution in [0.4, 0.5) is 0 Å². The summed E-state index contributed by atoms with van der Waals surface area (Å²) < 4.78 is 0. The van der Waals surface area contributed by atoms with Crippen LogP contribution in [-0.2, 0) is 5.41 Å². The van der Waals surface area contributed by atoms with E-state index in [1.54, 1.807) is 0 Å². The molecule has 3 N–H and O–H groups in total. The van der Waals surface area contributed by atoms with Crippen LogP contribution >= 0.6 is 0 Å². The summed E-state index contributed by atoms with van der Waals surface area (Å²) in [5.74, 6) is 1.09. The first-order valence-corrected chi connectivity index (χ1v) is 5.07. The second-order valence-corrected chi connectivity index (χ2v) is 3.98. The van der Waals surface area contributed by atoms with Crippen molar-refractivity contribution in [2.45, 2.75) is 37.5 Å². The number of hydrogen-bond acceptors (Lipinski definition) is 2. The van der Waals surface area contributed by atoms with Gasteiger partial charge in [-0.2, -0.15) is 0 Å². The van der Waals surface area contributed by atoms with Crippen LogP contribution in [0.25, 0.3) is 0 Å². The van der Waals surface area contributed by atoms with Crippen molar-refractivity contribution in [2.24, 2.45) is 5.73 Å². The molecule has 3 nitrogen and oxygen atoms in total. The van der Waals surface area contributed by atoms with Crippen molar-refractivity contribution < 1.29 is 0 Å². The van der Waals surface area contributed by atoms with Crippen LogP contribution in [0, 0.1) is 0 Å². The lowest BCUT2D eigenvalue weighted by molar-refractivity contribution is 0.287. The van der Waals surface area contributed by atoms with Gasteiger partial charge in [0.1, 0.15) is 5.82 Å². The monoisotopic (exact) mass is 179 g/mol. The van der Waals surface area contributed by atoms with Crippen LogP contribution in [0.5, 0.6) is 0 Å². The lowest BCUT2D eigenvalue weighted by Gasteiger charge is -2.34. The molecule has 0 aromatic carbocycles. The fourth-order valence-corrected chi connectivity index (χ4v) is 2.32. The predicted molar refractivity (Wildman–Crippen MR) is 52.4 cm³/mol. The molecule has 0 radical (unpaired) electrons. The van der Waals surface area contributed by atoms with Gasteiger partial charge in [0, 0.05) is 24.4 Å². The second-order valence-electron chi connectivity index (χ2n) is 3.98. The lowest BCUT2D eigenvalue weighted by Crippen LogP contribution is -2.38. The maximum Gasteiger partial charge on any atom is 0.113 e. The Labute approximate surface area is 78.7 Å². The van der Waals surface area contributed by atoms with E-state index < -0.39 is 0 Å². The second kappa shape index (κ2) is 3.50. The molecule has 1 aliphatic rings.